The highest BCUT2D eigenvalue weighted by Crippen LogP contribution is 2.41. The Labute approximate surface area is 105 Å². The largest absolute Gasteiger partial charge is 0.506 e. The molecule has 5 heteroatoms. The number of rotatable bonds is 1. The topological polar surface area (TPSA) is 64.1 Å². The minimum Gasteiger partial charge on any atom is -0.506 e. The number of aromatic nitrogens is 2. The minimum atomic E-state index is 0.0504. The molecule has 17 heavy (non-hydrogen) atoms. The fourth-order valence-corrected chi connectivity index (χ4v) is 2.09. The quantitative estimate of drug-likeness (QED) is 0.819. The molecule has 0 aliphatic rings. The smallest absolute Gasteiger partial charge is 0.142 e. The zero-order chi connectivity index (χ0) is 12.7. The van der Waals surface area contributed by atoms with Crippen LogP contribution < -0.4 is 5.73 Å². The first-order chi connectivity index (χ1) is 7.93. The predicted molar refractivity (Wildman–Crippen MR) is 69.2 cm³/mol. The average Bonchev–Trinajstić information content (AvgIpc) is 2.59. The lowest BCUT2D eigenvalue weighted by molar-refractivity contribution is 0.477. The molecule has 1 heterocycles. The summed E-state index contributed by atoms with van der Waals surface area (Å²) >= 11 is 5.98. The van der Waals surface area contributed by atoms with E-state index in [0.29, 0.717) is 22.0 Å². The second-order valence-electron chi connectivity index (χ2n) is 4.09. The molecule has 0 radical (unpaired) electrons. The molecule has 0 unspecified atom stereocenters. The van der Waals surface area contributed by atoms with E-state index in [1.54, 1.807) is 24.0 Å². The molecule has 2 aromatic rings. The maximum atomic E-state index is 10.1. The van der Waals surface area contributed by atoms with Crippen LogP contribution in [0.5, 0.6) is 5.75 Å². The molecule has 0 spiro atoms. The van der Waals surface area contributed by atoms with Crippen LogP contribution in [0.25, 0.3) is 11.1 Å². The van der Waals surface area contributed by atoms with E-state index in [1.807, 2.05) is 13.8 Å². The zero-order valence-corrected chi connectivity index (χ0v) is 10.7. The Balaban J connectivity index is 2.79. The Kier molecular flexibility index (Phi) is 2.75. The number of phenolic OH excluding ortho intramolecular Hbond substituents is 1. The van der Waals surface area contributed by atoms with Crippen LogP contribution in [-0.2, 0) is 7.05 Å². The van der Waals surface area contributed by atoms with Gasteiger partial charge in [0.1, 0.15) is 11.6 Å². The van der Waals surface area contributed by atoms with Crippen LogP contribution in [0.1, 0.15) is 11.1 Å². The van der Waals surface area contributed by atoms with Gasteiger partial charge in [-0.15, -0.1) is 0 Å². The second kappa shape index (κ2) is 3.96. The highest BCUT2D eigenvalue weighted by atomic mass is 35.5. The Morgan fingerprint density at radius 2 is 2.06 bits per heavy atom. The Bertz CT molecular complexity index is 564. The molecule has 0 fully saturated rings. The molecule has 90 valence electrons. The van der Waals surface area contributed by atoms with Gasteiger partial charge in [0.2, 0.25) is 0 Å². The highest BCUT2D eigenvalue weighted by molar-refractivity contribution is 6.32. The van der Waals surface area contributed by atoms with E-state index in [0.717, 1.165) is 11.1 Å². The number of benzene rings is 1. The maximum absolute atomic E-state index is 10.1. The molecule has 4 nitrogen and oxygen atoms in total. The fraction of sp³-hybridized carbons (Fsp3) is 0.250. The molecular formula is C12H14ClN3O. The summed E-state index contributed by atoms with van der Waals surface area (Å²) in [5, 5.41) is 14.5. The van der Waals surface area contributed by atoms with Crippen molar-refractivity contribution in [3.05, 3.63) is 28.4 Å². The first-order valence-electron chi connectivity index (χ1n) is 5.20. The number of hydrogen-bond acceptors (Lipinski definition) is 3. The van der Waals surface area contributed by atoms with Gasteiger partial charge in [-0.05, 0) is 31.0 Å². The third-order valence-electron chi connectivity index (χ3n) is 3.03. The van der Waals surface area contributed by atoms with Gasteiger partial charge in [0.25, 0.3) is 0 Å². The number of hydrogen-bond donors (Lipinski definition) is 2. The lowest BCUT2D eigenvalue weighted by Crippen LogP contribution is -1.99. The summed E-state index contributed by atoms with van der Waals surface area (Å²) in [5.74, 6) is 0.555. The van der Waals surface area contributed by atoms with Crippen LogP contribution in [0.3, 0.4) is 0 Å². The van der Waals surface area contributed by atoms with Crippen molar-refractivity contribution < 1.29 is 5.11 Å². The number of nitrogens with two attached hydrogens (primary N) is 1. The lowest BCUT2D eigenvalue weighted by Gasteiger charge is -2.12. The Hall–Kier alpha value is -1.68. The van der Waals surface area contributed by atoms with Gasteiger partial charge in [-0.2, -0.15) is 5.10 Å². The predicted octanol–water partition coefficient (Wildman–Crippen LogP) is 2.65. The average molecular weight is 252 g/mol. The Morgan fingerprint density at radius 3 is 2.59 bits per heavy atom. The summed E-state index contributed by atoms with van der Waals surface area (Å²) in [6, 6.07) is 1.74. The van der Waals surface area contributed by atoms with Gasteiger partial charge in [0, 0.05) is 18.2 Å². The first kappa shape index (κ1) is 11.8. The van der Waals surface area contributed by atoms with Crippen LogP contribution in [0.4, 0.5) is 5.82 Å². The summed E-state index contributed by atoms with van der Waals surface area (Å²) in [5.41, 5.74) is 9.23. The second-order valence-corrected chi connectivity index (χ2v) is 4.50. The first-order valence-corrected chi connectivity index (χ1v) is 5.57. The van der Waals surface area contributed by atoms with Gasteiger partial charge < -0.3 is 10.8 Å². The minimum absolute atomic E-state index is 0.0504. The van der Waals surface area contributed by atoms with E-state index in [9.17, 15) is 5.11 Å². The maximum Gasteiger partial charge on any atom is 0.142 e. The van der Waals surface area contributed by atoms with Gasteiger partial charge in [0.05, 0.1) is 11.2 Å². The highest BCUT2D eigenvalue weighted by Gasteiger charge is 2.18. The monoisotopic (exact) mass is 251 g/mol. The van der Waals surface area contributed by atoms with Gasteiger partial charge in [-0.25, -0.2) is 0 Å². The molecule has 0 bridgehead atoms. The normalized spacial score (nSPS) is 10.8. The van der Waals surface area contributed by atoms with Crippen molar-refractivity contribution in [2.45, 2.75) is 13.8 Å². The molecule has 3 N–H and O–H groups in total. The SMILES string of the molecule is Cc1cc(Cl)c(O)c(-c2cnn(C)c2N)c1C. The standard InChI is InChI=1S/C12H14ClN3O/c1-6-4-9(13)11(17)10(7(6)2)8-5-15-16(3)12(8)14/h4-5,17H,14H2,1-3H3. The summed E-state index contributed by atoms with van der Waals surface area (Å²) in [6.45, 7) is 3.86. The van der Waals surface area contributed by atoms with Gasteiger partial charge in [0.15, 0.2) is 0 Å². The van der Waals surface area contributed by atoms with Crippen molar-refractivity contribution in [3.8, 4) is 16.9 Å². The summed E-state index contributed by atoms with van der Waals surface area (Å²) in [7, 11) is 1.75. The number of phenols is 1. The van der Waals surface area contributed by atoms with Gasteiger partial charge in [-0.3, -0.25) is 4.68 Å². The molecule has 0 aliphatic heterocycles. The number of nitrogens with zero attached hydrogens (tertiary/aromatic N) is 2. The van der Waals surface area contributed by atoms with E-state index < -0.39 is 0 Å². The summed E-state index contributed by atoms with van der Waals surface area (Å²) in [6.07, 6.45) is 1.63. The fourth-order valence-electron chi connectivity index (χ4n) is 1.83. The van der Waals surface area contributed by atoms with Gasteiger partial charge >= 0.3 is 0 Å². The van der Waals surface area contributed by atoms with Crippen molar-refractivity contribution in [2.24, 2.45) is 7.05 Å². The molecule has 0 saturated carbocycles. The molecule has 0 atom stereocenters. The third-order valence-corrected chi connectivity index (χ3v) is 3.31. The number of aryl methyl sites for hydroxylation is 2. The summed E-state index contributed by atoms with van der Waals surface area (Å²) in [4.78, 5) is 0. The van der Waals surface area contributed by atoms with E-state index in [1.165, 1.54) is 0 Å². The molecule has 0 aliphatic carbocycles. The molecule has 0 amide bonds. The molecular weight excluding hydrogens is 238 g/mol. The number of nitrogen functional groups attached to an aromatic ring is 1. The van der Waals surface area contributed by atoms with E-state index >= 15 is 0 Å². The molecule has 2 rings (SSSR count). The van der Waals surface area contributed by atoms with Gasteiger partial charge in [-0.1, -0.05) is 11.6 Å². The molecule has 1 aromatic carbocycles. The number of aromatic hydroxyl groups is 1. The summed E-state index contributed by atoms with van der Waals surface area (Å²) < 4.78 is 1.56. The molecule has 1 aromatic heterocycles. The number of halogens is 1. The van der Waals surface area contributed by atoms with E-state index in [-0.39, 0.29) is 5.75 Å². The van der Waals surface area contributed by atoms with Crippen molar-refractivity contribution in [1.29, 1.82) is 0 Å². The van der Waals surface area contributed by atoms with Crippen molar-refractivity contribution >= 4 is 17.4 Å². The van der Waals surface area contributed by atoms with Crippen LogP contribution in [0.2, 0.25) is 5.02 Å². The van der Waals surface area contributed by atoms with Crippen LogP contribution >= 0.6 is 11.6 Å². The number of anilines is 1. The van der Waals surface area contributed by atoms with E-state index in [4.69, 9.17) is 17.3 Å². The van der Waals surface area contributed by atoms with Crippen LogP contribution in [0.15, 0.2) is 12.3 Å². The van der Waals surface area contributed by atoms with Crippen molar-refractivity contribution in [2.75, 3.05) is 5.73 Å². The zero-order valence-electron chi connectivity index (χ0n) is 9.95. The third kappa shape index (κ3) is 1.74. The van der Waals surface area contributed by atoms with Crippen LogP contribution in [-0.4, -0.2) is 14.9 Å². The van der Waals surface area contributed by atoms with Crippen molar-refractivity contribution in [1.82, 2.24) is 9.78 Å². The Morgan fingerprint density at radius 1 is 1.41 bits per heavy atom. The van der Waals surface area contributed by atoms with E-state index in [2.05, 4.69) is 5.10 Å². The van der Waals surface area contributed by atoms with Crippen molar-refractivity contribution in [3.63, 3.8) is 0 Å². The van der Waals surface area contributed by atoms with Crippen LogP contribution in [0, 0.1) is 13.8 Å². The lowest BCUT2D eigenvalue weighted by atomic mass is 9.97. The molecule has 0 saturated heterocycles.